The molecule has 0 radical (unpaired) electrons. The van der Waals surface area contributed by atoms with Crippen LogP contribution in [0.5, 0.6) is 0 Å². The van der Waals surface area contributed by atoms with E-state index in [0.717, 1.165) is 4.47 Å². The van der Waals surface area contributed by atoms with Gasteiger partial charge in [-0.15, -0.1) is 0 Å². The van der Waals surface area contributed by atoms with Crippen molar-refractivity contribution < 1.29 is 9.53 Å². The molecule has 2 rings (SSSR count). The fraction of sp³-hybridized carbons (Fsp3) is 0.200. The van der Waals surface area contributed by atoms with E-state index in [1.54, 1.807) is 19.2 Å². The standard InChI is InChI=1S/C10H7BrClN3O2/c1-2-17-10(16)9-14-6-3-5(11)4-13-7(6)8(12)15-9/h3-4H,2H2,1H3. The van der Waals surface area contributed by atoms with E-state index in [4.69, 9.17) is 16.3 Å². The first kappa shape index (κ1) is 12.2. The quantitative estimate of drug-likeness (QED) is 0.629. The lowest BCUT2D eigenvalue weighted by molar-refractivity contribution is 0.0512. The number of halogens is 2. The molecule has 17 heavy (non-hydrogen) atoms. The van der Waals surface area contributed by atoms with Crippen LogP contribution in [-0.2, 0) is 4.74 Å². The number of ether oxygens (including phenoxy) is 1. The zero-order valence-electron chi connectivity index (χ0n) is 8.78. The predicted octanol–water partition coefficient (Wildman–Crippen LogP) is 2.62. The summed E-state index contributed by atoms with van der Waals surface area (Å²) in [6.07, 6.45) is 1.58. The van der Waals surface area contributed by atoms with E-state index in [0.29, 0.717) is 11.0 Å². The van der Waals surface area contributed by atoms with Gasteiger partial charge in [0.15, 0.2) is 5.15 Å². The average molecular weight is 317 g/mol. The molecule has 0 amide bonds. The molecule has 0 atom stereocenters. The van der Waals surface area contributed by atoms with Gasteiger partial charge < -0.3 is 4.74 Å². The van der Waals surface area contributed by atoms with E-state index in [1.165, 1.54) is 0 Å². The minimum atomic E-state index is -0.601. The number of esters is 1. The van der Waals surface area contributed by atoms with Crippen molar-refractivity contribution in [2.24, 2.45) is 0 Å². The summed E-state index contributed by atoms with van der Waals surface area (Å²) in [5.41, 5.74) is 0.936. The van der Waals surface area contributed by atoms with Gasteiger partial charge in [-0.3, -0.25) is 4.98 Å². The lowest BCUT2D eigenvalue weighted by atomic mass is 10.3. The third-order valence-corrected chi connectivity index (χ3v) is 2.62. The number of carbonyl (C=O) groups is 1. The summed E-state index contributed by atoms with van der Waals surface area (Å²) in [6.45, 7) is 1.97. The first-order valence-corrected chi connectivity index (χ1v) is 5.95. The highest BCUT2D eigenvalue weighted by Crippen LogP contribution is 2.21. The average Bonchev–Trinajstić information content (AvgIpc) is 2.28. The Bertz CT molecular complexity index is 591. The van der Waals surface area contributed by atoms with Gasteiger partial charge in [0.2, 0.25) is 5.82 Å². The first-order valence-electron chi connectivity index (χ1n) is 4.77. The van der Waals surface area contributed by atoms with Crippen LogP contribution in [0.25, 0.3) is 11.0 Å². The van der Waals surface area contributed by atoms with Gasteiger partial charge >= 0.3 is 5.97 Å². The summed E-state index contributed by atoms with van der Waals surface area (Å²) in [5, 5.41) is 0.130. The maximum absolute atomic E-state index is 11.5. The van der Waals surface area contributed by atoms with Crippen LogP contribution in [0.2, 0.25) is 5.15 Å². The molecule has 0 fully saturated rings. The van der Waals surface area contributed by atoms with Crippen molar-refractivity contribution in [2.75, 3.05) is 6.61 Å². The molecule has 2 heterocycles. The minimum absolute atomic E-state index is 0.0655. The van der Waals surface area contributed by atoms with Crippen molar-refractivity contribution in [1.82, 2.24) is 15.0 Å². The number of hydrogen-bond donors (Lipinski definition) is 0. The van der Waals surface area contributed by atoms with Gasteiger partial charge in [-0.1, -0.05) is 11.6 Å². The molecule has 0 saturated carbocycles. The SMILES string of the molecule is CCOC(=O)c1nc(Cl)c2ncc(Br)cc2n1. The topological polar surface area (TPSA) is 65.0 Å². The van der Waals surface area contributed by atoms with E-state index in [-0.39, 0.29) is 17.6 Å². The van der Waals surface area contributed by atoms with E-state index in [2.05, 4.69) is 30.9 Å². The molecule has 0 saturated heterocycles. The van der Waals surface area contributed by atoms with Gasteiger partial charge in [0.25, 0.3) is 0 Å². The van der Waals surface area contributed by atoms with Gasteiger partial charge in [0.05, 0.1) is 12.1 Å². The summed E-state index contributed by atoms with van der Waals surface area (Å²) in [6, 6.07) is 1.71. The van der Waals surface area contributed by atoms with Crippen molar-refractivity contribution in [3.63, 3.8) is 0 Å². The smallest absolute Gasteiger partial charge is 0.376 e. The zero-order valence-corrected chi connectivity index (χ0v) is 11.1. The second-order valence-electron chi connectivity index (χ2n) is 3.08. The second kappa shape index (κ2) is 4.93. The molecule has 0 spiro atoms. The molecule has 5 nitrogen and oxygen atoms in total. The maximum atomic E-state index is 11.5. The Balaban J connectivity index is 2.57. The van der Waals surface area contributed by atoms with E-state index in [9.17, 15) is 4.79 Å². The number of rotatable bonds is 2. The first-order chi connectivity index (χ1) is 8.11. The highest BCUT2D eigenvalue weighted by atomic mass is 79.9. The summed E-state index contributed by atoms with van der Waals surface area (Å²) in [4.78, 5) is 23.5. The van der Waals surface area contributed by atoms with Crippen molar-refractivity contribution in [3.8, 4) is 0 Å². The number of fused-ring (bicyclic) bond motifs is 1. The Labute approximate surface area is 110 Å². The molecule has 0 unspecified atom stereocenters. The third-order valence-electron chi connectivity index (χ3n) is 1.92. The summed E-state index contributed by atoms with van der Waals surface area (Å²) in [7, 11) is 0. The fourth-order valence-electron chi connectivity index (χ4n) is 1.24. The van der Waals surface area contributed by atoms with Crippen molar-refractivity contribution in [3.05, 3.63) is 27.7 Å². The molecule has 0 aliphatic heterocycles. The van der Waals surface area contributed by atoms with E-state index >= 15 is 0 Å². The van der Waals surface area contributed by atoms with Crippen LogP contribution in [0.4, 0.5) is 0 Å². The summed E-state index contributed by atoms with van der Waals surface area (Å²) in [5.74, 6) is -0.666. The minimum Gasteiger partial charge on any atom is -0.460 e. The maximum Gasteiger partial charge on any atom is 0.376 e. The lowest BCUT2D eigenvalue weighted by Gasteiger charge is -2.03. The van der Waals surface area contributed by atoms with Gasteiger partial charge in [-0.25, -0.2) is 14.8 Å². The van der Waals surface area contributed by atoms with Crippen LogP contribution in [0.1, 0.15) is 17.5 Å². The highest BCUT2D eigenvalue weighted by molar-refractivity contribution is 9.10. The number of hydrogen-bond acceptors (Lipinski definition) is 5. The van der Waals surface area contributed by atoms with Gasteiger partial charge in [0.1, 0.15) is 5.52 Å². The van der Waals surface area contributed by atoms with Crippen LogP contribution in [0, 0.1) is 0 Å². The van der Waals surface area contributed by atoms with Crippen molar-refractivity contribution in [2.45, 2.75) is 6.92 Å². The molecule has 2 aromatic heterocycles. The van der Waals surface area contributed by atoms with Crippen LogP contribution < -0.4 is 0 Å². The molecule has 0 aliphatic carbocycles. The molecule has 7 heteroatoms. The number of pyridine rings is 1. The number of aromatic nitrogens is 3. The van der Waals surface area contributed by atoms with Gasteiger partial charge in [-0.2, -0.15) is 0 Å². The molecule has 0 aliphatic rings. The van der Waals surface area contributed by atoms with Crippen LogP contribution in [0.15, 0.2) is 16.7 Å². The Morgan fingerprint density at radius 1 is 1.53 bits per heavy atom. The monoisotopic (exact) mass is 315 g/mol. The second-order valence-corrected chi connectivity index (χ2v) is 4.35. The largest absolute Gasteiger partial charge is 0.460 e. The molecule has 0 bridgehead atoms. The zero-order chi connectivity index (χ0) is 12.4. The van der Waals surface area contributed by atoms with E-state index in [1.807, 2.05) is 0 Å². The van der Waals surface area contributed by atoms with Crippen LogP contribution in [0.3, 0.4) is 0 Å². The van der Waals surface area contributed by atoms with E-state index < -0.39 is 5.97 Å². The summed E-state index contributed by atoms with van der Waals surface area (Å²) < 4.78 is 5.55. The third kappa shape index (κ3) is 2.53. The Kier molecular flexibility index (Phi) is 3.54. The molecular formula is C10H7BrClN3O2. The summed E-state index contributed by atoms with van der Waals surface area (Å²) >= 11 is 9.19. The van der Waals surface area contributed by atoms with Crippen molar-refractivity contribution >= 4 is 44.5 Å². The van der Waals surface area contributed by atoms with Crippen LogP contribution in [-0.4, -0.2) is 27.5 Å². The molecular weight excluding hydrogens is 309 g/mol. The number of carbonyl (C=O) groups excluding carboxylic acids is 1. The molecule has 88 valence electrons. The predicted molar refractivity (Wildman–Crippen MR) is 66.0 cm³/mol. The number of nitrogens with zero attached hydrogens (tertiary/aromatic N) is 3. The Morgan fingerprint density at radius 3 is 3.00 bits per heavy atom. The van der Waals surface area contributed by atoms with Gasteiger partial charge in [-0.05, 0) is 28.9 Å². The van der Waals surface area contributed by atoms with Gasteiger partial charge in [0, 0.05) is 10.7 Å². The molecule has 2 aromatic rings. The normalized spacial score (nSPS) is 10.5. The van der Waals surface area contributed by atoms with Crippen molar-refractivity contribution in [1.29, 1.82) is 0 Å². The molecule has 0 N–H and O–H groups in total. The highest BCUT2D eigenvalue weighted by Gasteiger charge is 2.14. The Hall–Kier alpha value is -1.27. The fourth-order valence-corrected chi connectivity index (χ4v) is 1.79. The van der Waals surface area contributed by atoms with Crippen LogP contribution >= 0.6 is 27.5 Å². The lowest BCUT2D eigenvalue weighted by Crippen LogP contribution is -2.10. The Morgan fingerprint density at radius 2 is 2.29 bits per heavy atom. The molecule has 0 aromatic carbocycles.